The maximum absolute atomic E-state index is 13.3. The second-order valence-electron chi connectivity index (χ2n) is 3.66. The summed E-state index contributed by atoms with van der Waals surface area (Å²) < 4.78 is 65.3. The monoisotopic (exact) mass is 294 g/mol. The van der Waals surface area contributed by atoms with Gasteiger partial charge in [-0.3, -0.25) is 0 Å². The first-order valence-electron chi connectivity index (χ1n) is 5.08. The summed E-state index contributed by atoms with van der Waals surface area (Å²) in [6.45, 7) is 1.65. The topological polar surface area (TPSA) is 24.9 Å². The first kappa shape index (κ1) is 13.7. The molecule has 1 aromatic carbocycles. The predicted octanol–water partition coefficient (Wildman–Crippen LogP) is 3.76. The summed E-state index contributed by atoms with van der Waals surface area (Å²) in [6, 6.07) is 0. The number of benzene rings is 1. The summed E-state index contributed by atoms with van der Waals surface area (Å²) in [5.41, 5.74) is -1.05. The molecule has 0 radical (unpaired) electrons. The van der Waals surface area contributed by atoms with E-state index in [9.17, 15) is 22.0 Å². The van der Waals surface area contributed by atoms with Gasteiger partial charge < -0.3 is 5.32 Å². The van der Waals surface area contributed by atoms with Crippen molar-refractivity contribution in [2.45, 2.75) is 13.5 Å². The molecule has 1 N–H and O–H groups in total. The summed E-state index contributed by atoms with van der Waals surface area (Å²) in [6.07, 6.45) is 1.54. The fourth-order valence-electron chi connectivity index (χ4n) is 1.41. The average Bonchev–Trinajstić information content (AvgIpc) is 2.80. The van der Waals surface area contributed by atoms with Crippen LogP contribution < -0.4 is 5.32 Å². The van der Waals surface area contributed by atoms with E-state index in [0.717, 1.165) is 4.88 Å². The smallest absolute Gasteiger partial charge is 0.200 e. The Balaban J connectivity index is 2.30. The molecule has 8 heteroatoms. The number of anilines is 1. The van der Waals surface area contributed by atoms with Gasteiger partial charge in [0.2, 0.25) is 5.82 Å². The maximum Gasteiger partial charge on any atom is 0.200 e. The summed E-state index contributed by atoms with van der Waals surface area (Å²) in [4.78, 5) is 4.77. The Morgan fingerprint density at radius 2 is 1.53 bits per heavy atom. The SMILES string of the molecule is Cc1cnc(CNc2c(F)c(F)c(F)c(F)c2F)s1. The van der Waals surface area contributed by atoms with Gasteiger partial charge >= 0.3 is 0 Å². The van der Waals surface area contributed by atoms with Gasteiger partial charge in [-0.2, -0.15) is 0 Å². The summed E-state index contributed by atoms with van der Waals surface area (Å²) in [7, 11) is 0. The van der Waals surface area contributed by atoms with Crippen molar-refractivity contribution in [1.82, 2.24) is 4.98 Å². The number of nitrogens with one attached hydrogen (secondary N) is 1. The normalized spacial score (nSPS) is 10.8. The van der Waals surface area contributed by atoms with E-state index in [1.807, 2.05) is 0 Å². The van der Waals surface area contributed by atoms with E-state index in [1.54, 1.807) is 13.1 Å². The standard InChI is InChI=1S/C11H7F5N2S/c1-4-2-17-5(19-4)3-18-11-9(15)7(13)6(12)8(14)10(11)16/h2,18H,3H2,1H3. The highest BCUT2D eigenvalue weighted by atomic mass is 32.1. The predicted molar refractivity (Wildman–Crippen MR) is 60.4 cm³/mol. The van der Waals surface area contributed by atoms with E-state index < -0.39 is 34.8 Å². The van der Waals surface area contributed by atoms with Gasteiger partial charge in [0.25, 0.3) is 0 Å². The van der Waals surface area contributed by atoms with Crippen LogP contribution in [-0.4, -0.2) is 4.98 Å². The zero-order valence-corrected chi connectivity index (χ0v) is 10.3. The number of halogens is 5. The number of nitrogens with zero attached hydrogens (tertiary/aromatic N) is 1. The molecule has 1 heterocycles. The van der Waals surface area contributed by atoms with E-state index in [2.05, 4.69) is 10.3 Å². The Hall–Kier alpha value is -1.70. The minimum Gasteiger partial charge on any atom is -0.374 e. The molecule has 102 valence electrons. The molecule has 0 aliphatic heterocycles. The molecule has 2 nitrogen and oxygen atoms in total. The molecule has 0 spiro atoms. The van der Waals surface area contributed by atoms with Crippen LogP contribution in [0.2, 0.25) is 0 Å². The molecule has 2 rings (SSSR count). The number of thiazole rings is 1. The summed E-state index contributed by atoms with van der Waals surface area (Å²) in [5.74, 6) is -9.89. The van der Waals surface area contributed by atoms with Crippen LogP contribution in [0, 0.1) is 36.0 Å². The Kier molecular flexibility index (Phi) is 3.70. The Morgan fingerprint density at radius 3 is 2.00 bits per heavy atom. The van der Waals surface area contributed by atoms with Crippen molar-refractivity contribution in [2.75, 3.05) is 5.32 Å². The van der Waals surface area contributed by atoms with Gasteiger partial charge in [-0.25, -0.2) is 26.9 Å². The van der Waals surface area contributed by atoms with Gasteiger partial charge in [0.05, 0.1) is 6.54 Å². The van der Waals surface area contributed by atoms with Crippen LogP contribution in [0.1, 0.15) is 9.88 Å². The highest BCUT2D eigenvalue weighted by Crippen LogP contribution is 2.27. The number of hydrogen-bond donors (Lipinski definition) is 1. The van der Waals surface area contributed by atoms with Gasteiger partial charge in [-0.1, -0.05) is 0 Å². The molecular formula is C11H7F5N2S. The summed E-state index contributed by atoms with van der Waals surface area (Å²) >= 11 is 1.25. The second-order valence-corrected chi connectivity index (χ2v) is 4.98. The molecule has 0 saturated carbocycles. The van der Waals surface area contributed by atoms with Crippen LogP contribution in [-0.2, 0) is 6.54 Å². The Labute approximate surface area is 108 Å². The van der Waals surface area contributed by atoms with Crippen LogP contribution in [0.15, 0.2) is 6.20 Å². The van der Waals surface area contributed by atoms with Gasteiger partial charge in [0, 0.05) is 11.1 Å². The van der Waals surface area contributed by atoms with E-state index in [0.29, 0.717) is 5.01 Å². The first-order valence-corrected chi connectivity index (χ1v) is 5.90. The van der Waals surface area contributed by atoms with E-state index in [4.69, 9.17) is 0 Å². The van der Waals surface area contributed by atoms with Crippen molar-refractivity contribution in [3.8, 4) is 0 Å². The maximum atomic E-state index is 13.3. The third kappa shape index (κ3) is 2.53. The minimum absolute atomic E-state index is 0.128. The molecule has 0 saturated heterocycles. The lowest BCUT2D eigenvalue weighted by molar-refractivity contribution is 0.381. The molecule has 0 fully saturated rings. The molecule has 1 aromatic heterocycles. The van der Waals surface area contributed by atoms with Crippen molar-refractivity contribution in [3.05, 3.63) is 45.2 Å². The van der Waals surface area contributed by atoms with Gasteiger partial charge in [-0.05, 0) is 6.92 Å². The lowest BCUT2D eigenvalue weighted by Crippen LogP contribution is -2.09. The van der Waals surface area contributed by atoms with Crippen LogP contribution >= 0.6 is 11.3 Å². The van der Waals surface area contributed by atoms with Crippen molar-refractivity contribution >= 4 is 17.0 Å². The van der Waals surface area contributed by atoms with Gasteiger partial charge in [0.15, 0.2) is 23.3 Å². The number of rotatable bonds is 3. The molecule has 2 aromatic rings. The number of aryl methyl sites for hydroxylation is 1. The lowest BCUT2D eigenvalue weighted by Gasteiger charge is -2.09. The third-order valence-corrected chi connectivity index (χ3v) is 3.21. The molecular weight excluding hydrogens is 287 g/mol. The van der Waals surface area contributed by atoms with Crippen molar-refractivity contribution < 1.29 is 22.0 Å². The van der Waals surface area contributed by atoms with E-state index in [1.165, 1.54) is 11.3 Å². The summed E-state index contributed by atoms with van der Waals surface area (Å²) in [5, 5.41) is 2.64. The van der Waals surface area contributed by atoms with Crippen LogP contribution in [0.5, 0.6) is 0 Å². The quantitative estimate of drug-likeness (QED) is 0.529. The van der Waals surface area contributed by atoms with E-state index >= 15 is 0 Å². The van der Waals surface area contributed by atoms with Crippen molar-refractivity contribution in [3.63, 3.8) is 0 Å². The molecule has 0 unspecified atom stereocenters. The second kappa shape index (κ2) is 5.12. The zero-order chi connectivity index (χ0) is 14.2. The molecule has 0 aliphatic carbocycles. The molecule has 0 bridgehead atoms. The first-order chi connectivity index (χ1) is 8.91. The van der Waals surface area contributed by atoms with Crippen molar-refractivity contribution in [2.24, 2.45) is 0 Å². The Bertz CT molecular complexity index is 597. The highest BCUT2D eigenvalue weighted by molar-refractivity contribution is 7.11. The fourth-order valence-corrected chi connectivity index (χ4v) is 2.13. The largest absolute Gasteiger partial charge is 0.374 e. The molecule has 0 amide bonds. The third-order valence-electron chi connectivity index (χ3n) is 2.30. The lowest BCUT2D eigenvalue weighted by atomic mass is 10.2. The highest BCUT2D eigenvalue weighted by Gasteiger charge is 2.25. The zero-order valence-electron chi connectivity index (χ0n) is 9.53. The minimum atomic E-state index is -2.18. The molecule has 19 heavy (non-hydrogen) atoms. The fraction of sp³-hybridized carbons (Fsp3) is 0.182. The molecule has 0 atom stereocenters. The van der Waals surface area contributed by atoms with Gasteiger partial charge in [0.1, 0.15) is 10.7 Å². The van der Waals surface area contributed by atoms with Crippen LogP contribution in [0.3, 0.4) is 0 Å². The van der Waals surface area contributed by atoms with E-state index in [-0.39, 0.29) is 6.54 Å². The average molecular weight is 294 g/mol. The van der Waals surface area contributed by atoms with Crippen molar-refractivity contribution in [1.29, 1.82) is 0 Å². The number of aromatic nitrogens is 1. The Morgan fingerprint density at radius 1 is 1.00 bits per heavy atom. The molecule has 0 aliphatic rings. The van der Waals surface area contributed by atoms with Gasteiger partial charge in [-0.15, -0.1) is 11.3 Å². The van der Waals surface area contributed by atoms with Crippen LogP contribution in [0.4, 0.5) is 27.6 Å². The van der Waals surface area contributed by atoms with Crippen LogP contribution in [0.25, 0.3) is 0 Å². The number of hydrogen-bond acceptors (Lipinski definition) is 3.